The molecule has 1 aromatic heterocycles. The van der Waals surface area contributed by atoms with E-state index in [1.165, 1.54) is 0 Å². The van der Waals surface area contributed by atoms with Crippen LogP contribution in [0.4, 0.5) is 0 Å². The van der Waals surface area contributed by atoms with Crippen LogP contribution in [0, 0.1) is 0 Å². The third-order valence-corrected chi connectivity index (χ3v) is 1.96. The van der Waals surface area contributed by atoms with Crippen molar-refractivity contribution in [1.82, 2.24) is 15.0 Å². The maximum Gasteiger partial charge on any atom is 0.109 e. The fraction of sp³-hybridized carbons (Fsp3) is 0.714. The maximum absolute atomic E-state index is 4.91. The van der Waals surface area contributed by atoms with Crippen LogP contribution in [0.2, 0.25) is 0 Å². The highest BCUT2D eigenvalue weighted by Gasteiger charge is 2.02. The van der Waals surface area contributed by atoms with Crippen LogP contribution >= 0.6 is 23.0 Å². The number of nitrogens with zero attached hydrogens (tertiary/aromatic N) is 3. The van der Waals surface area contributed by atoms with Gasteiger partial charge in [-0.2, -0.15) is 0 Å². The minimum atomic E-state index is 0.381. The fourth-order valence-corrected chi connectivity index (χ4v) is 1.04. The molecule has 1 aromatic rings. The Labute approximate surface area is 86.0 Å². The number of hydrogen-bond acceptors (Lipinski definition) is 3. The molecule has 0 aliphatic carbocycles. The summed E-state index contributed by atoms with van der Waals surface area (Å²) >= 11 is 1.88. The van der Waals surface area contributed by atoms with Gasteiger partial charge in [0.2, 0.25) is 0 Å². The summed E-state index contributed by atoms with van der Waals surface area (Å²) in [6.45, 7) is 4.85. The Hall–Kier alpha value is -0.170. The van der Waals surface area contributed by atoms with E-state index in [0.29, 0.717) is 12.6 Å². The minimum Gasteiger partial charge on any atom is -0.315 e. The number of rotatable bonds is 4. The molecule has 5 heteroatoms. The molecule has 0 unspecified atom stereocenters. The molecule has 0 aliphatic heterocycles. The molecule has 0 N–H and O–H groups in total. The summed E-state index contributed by atoms with van der Waals surface area (Å²) in [5, 5.41) is 7.98. The molecule has 0 saturated carbocycles. The normalized spacial score (nSPS) is 11.0. The van der Waals surface area contributed by atoms with Gasteiger partial charge >= 0.3 is 0 Å². The Kier molecular flexibility index (Phi) is 3.93. The number of hydrogen-bond donors (Lipinski definition) is 0. The zero-order valence-corrected chi connectivity index (χ0v) is 9.35. The van der Waals surface area contributed by atoms with E-state index in [2.05, 4.69) is 24.2 Å². The van der Waals surface area contributed by atoms with E-state index < -0.39 is 0 Å². The Bertz CT molecular complexity index is 236. The predicted molar refractivity (Wildman–Crippen MR) is 54.1 cm³/mol. The summed E-state index contributed by atoms with van der Waals surface area (Å²) in [4.78, 5) is 0. The summed E-state index contributed by atoms with van der Waals surface area (Å²) in [5.74, 6) is 0. The second-order valence-corrected chi connectivity index (χ2v) is 3.47. The molecule has 0 fully saturated rings. The maximum atomic E-state index is 4.91. The van der Waals surface area contributed by atoms with Crippen molar-refractivity contribution in [3.63, 3.8) is 0 Å². The number of aromatic nitrogens is 3. The van der Waals surface area contributed by atoms with Gasteiger partial charge in [0, 0.05) is 18.7 Å². The lowest BCUT2D eigenvalue weighted by molar-refractivity contribution is 0.429. The fourth-order valence-electron chi connectivity index (χ4n) is 0.823. The van der Waals surface area contributed by atoms with Crippen molar-refractivity contribution in [3.05, 3.63) is 11.9 Å². The Morgan fingerprint density at radius 3 is 2.92 bits per heavy atom. The lowest BCUT2D eigenvalue weighted by Crippen LogP contribution is -2.00. The molecule has 0 aliphatic rings. The van der Waals surface area contributed by atoms with Crippen molar-refractivity contribution in [2.75, 3.05) is 6.61 Å². The van der Waals surface area contributed by atoms with Crippen LogP contribution in [0.1, 0.15) is 25.6 Å². The second-order valence-electron chi connectivity index (χ2n) is 2.85. The van der Waals surface area contributed by atoms with Gasteiger partial charge in [-0.1, -0.05) is 5.21 Å². The lowest BCUT2D eigenvalue weighted by atomic mass is 10.3. The Morgan fingerprint density at radius 2 is 2.42 bits per heavy atom. The molecule has 0 atom stereocenters. The Balaban J connectivity index is 2.52. The Morgan fingerprint density at radius 1 is 1.67 bits per heavy atom. The summed E-state index contributed by atoms with van der Waals surface area (Å²) in [6, 6.07) is 0.381. The van der Waals surface area contributed by atoms with Crippen molar-refractivity contribution in [1.29, 1.82) is 0 Å². The van der Waals surface area contributed by atoms with Crippen molar-refractivity contribution < 1.29 is 3.07 Å². The van der Waals surface area contributed by atoms with Crippen molar-refractivity contribution >= 4 is 23.0 Å². The van der Waals surface area contributed by atoms with Gasteiger partial charge in [0.25, 0.3) is 0 Å². The van der Waals surface area contributed by atoms with Gasteiger partial charge in [0.1, 0.15) is 23.0 Å². The molecule has 0 bridgehead atoms. The average Bonchev–Trinajstić information content (AvgIpc) is 2.48. The average molecular weight is 281 g/mol. The topological polar surface area (TPSA) is 39.9 Å². The summed E-state index contributed by atoms with van der Waals surface area (Å²) < 4.78 is 6.76. The van der Waals surface area contributed by atoms with Gasteiger partial charge in [-0.05, 0) is 13.8 Å². The zero-order valence-electron chi connectivity index (χ0n) is 7.20. The highest BCUT2D eigenvalue weighted by Crippen LogP contribution is 2.03. The highest BCUT2D eigenvalue weighted by molar-refractivity contribution is 14.1. The largest absolute Gasteiger partial charge is 0.315 e. The molecule has 1 heterocycles. The molecule has 0 radical (unpaired) electrons. The SMILES string of the molecule is CC(C)n1cc(CCOI)nn1. The van der Waals surface area contributed by atoms with Crippen LogP contribution in [0.5, 0.6) is 0 Å². The number of halogens is 1. The molecular formula is C7H12IN3O. The van der Waals surface area contributed by atoms with E-state index in [9.17, 15) is 0 Å². The first-order valence-electron chi connectivity index (χ1n) is 3.88. The predicted octanol–water partition coefficient (Wildman–Crippen LogP) is 1.77. The summed E-state index contributed by atoms with van der Waals surface area (Å²) in [5.41, 5.74) is 0.986. The molecule has 68 valence electrons. The van der Waals surface area contributed by atoms with Crippen LogP contribution in [-0.2, 0) is 9.49 Å². The van der Waals surface area contributed by atoms with E-state index >= 15 is 0 Å². The monoisotopic (exact) mass is 281 g/mol. The molecule has 0 spiro atoms. The molecule has 12 heavy (non-hydrogen) atoms. The van der Waals surface area contributed by atoms with E-state index in [0.717, 1.165) is 12.1 Å². The standard InChI is InChI=1S/C7H12IN3O/c1-6(2)11-5-7(9-10-11)3-4-12-8/h5-6H,3-4H2,1-2H3. The quantitative estimate of drug-likeness (QED) is 0.790. The first kappa shape index (κ1) is 9.91. The zero-order chi connectivity index (χ0) is 8.97. The van der Waals surface area contributed by atoms with Gasteiger partial charge in [-0.3, -0.25) is 0 Å². The van der Waals surface area contributed by atoms with E-state index in [4.69, 9.17) is 3.07 Å². The first-order valence-corrected chi connectivity index (χ1v) is 4.76. The van der Waals surface area contributed by atoms with Gasteiger partial charge in [0.15, 0.2) is 0 Å². The van der Waals surface area contributed by atoms with Crippen LogP contribution < -0.4 is 0 Å². The summed E-state index contributed by atoms with van der Waals surface area (Å²) in [7, 11) is 0. The highest BCUT2D eigenvalue weighted by atomic mass is 127. The molecule has 0 amide bonds. The van der Waals surface area contributed by atoms with Gasteiger partial charge in [-0.15, -0.1) is 5.10 Å². The van der Waals surface area contributed by atoms with Gasteiger partial charge in [0.05, 0.1) is 12.3 Å². The van der Waals surface area contributed by atoms with E-state index in [1.54, 1.807) is 0 Å². The second kappa shape index (κ2) is 4.76. The van der Waals surface area contributed by atoms with Crippen molar-refractivity contribution in [2.45, 2.75) is 26.3 Å². The lowest BCUT2D eigenvalue weighted by Gasteiger charge is -2.00. The molecule has 0 saturated heterocycles. The van der Waals surface area contributed by atoms with E-state index in [1.807, 2.05) is 33.9 Å². The van der Waals surface area contributed by atoms with Crippen LogP contribution in [-0.4, -0.2) is 21.6 Å². The summed E-state index contributed by atoms with van der Waals surface area (Å²) in [6.07, 6.45) is 2.79. The van der Waals surface area contributed by atoms with Crippen LogP contribution in [0.3, 0.4) is 0 Å². The molecular weight excluding hydrogens is 269 g/mol. The smallest absolute Gasteiger partial charge is 0.109 e. The van der Waals surface area contributed by atoms with Crippen LogP contribution in [0.15, 0.2) is 6.20 Å². The van der Waals surface area contributed by atoms with Crippen molar-refractivity contribution in [3.8, 4) is 0 Å². The molecule has 1 rings (SSSR count). The first-order chi connectivity index (χ1) is 5.74. The molecule has 4 nitrogen and oxygen atoms in total. The third-order valence-electron chi connectivity index (χ3n) is 1.52. The van der Waals surface area contributed by atoms with Gasteiger partial charge < -0.3 is 3.07 Å². The minimum absolute atomic E-state index is 0.381. The van der Waals surface area contributed by atoms with Crippen LogP contribution in [0.25, 0.3) is 0 Å². The van der Waals surface area contributed by atoms with E-state index in [-0.39, 0.29) is 0 Å². The van der Waals surface area contributed by atoms with Crippen molar-refractivity contribution in [2.24, 2.45) is 0 Å². The molecule has 0 aromatic carbocycles. The van der Waals surface area contributed by atoms with Gasteiger partial charge in [-0.25, -0.2) is 4.68 Å². The third kappa shape index (κ3) is 2.71.